The topological polar surface area (TPSA) is 69.9 Å². The molecule has 1 aromatic heterocycles. The molecule has 0 amide bonds. The molecule has 0 fully saturated rings. The van der Waals surface area contributed by atoms with E-state index in [1.807, 2.05) is 18.5 Å². The number of esters is 2. The normalized spacial score (nSPS) is 11.4. The number of hydrogen-bond donors (Lipinski definition) is 0. The number of aromatic nitrogens is 1. The van der Waals surface area contributed by atoms with Crippen LogP contribution in [0.5, 0.6) is 0 Å². The van der Waals surface area contributed by atoms with Crippen molar-refractivity contribution < 1.29 is 19.1 Å². The van der Waals surface area contributed by atoms with Gasteiger partial charge in [0.25, 0.3) is 0 Å². The van der Waals surface area contributed by atoms with Gasteiger partial charge < -0.3 is 14.0 Å². The molecule has 2 rings (SSSR count). The van der Waals surface area contributed by atoms with Gasteiger partial charge in [0.2, 0.25) is 0 Å². The lowest BCUT2D eigenvalue weighted by atomic mass is 10.2. The summed E-state index contributed by atoms with van der Waals surface area (Å²) in [6, 6.07) is 6.80. The van der Waals surface area contributed by atoms with Gasteiger partial charge in [0.15, 0.2) is 4.80 Å². The first kappa shape index (κ1) is 17.0. The quantitative estimate of drug-likeness (QED) is 0.806. The van der Waals surface area contributed by atoms with Crippen molar-refractivity contribution in [3.63, 3.8) is 0 Å². The van der Waals surface area contributed by atoms with Crippen LogP contribution < -0.4 is 4.80 Å². The van der Waals surface area contributed by atoms with Crippen LogP contribution in [0.4, 0.5) is 5.69 Å². The van der Waals surface area contributed by atoms with Gasteiger partial charge in [-0.3, -0.25) is 0 Å². The standard InChI is InChI=1S/C16H18N2O4S/c1-5-22-14(19)11-6-8-12(9-7-11)17-16-18(3)10(2)13(23-16)15(20)21-4/h6-9H,5H2,1-4H3. The van der Waals surface area contributed by atoms with E-state index >= 15 is 0 Å². The smallest absolute Gasteiger partial charge is 0.349 e. The van der Waals surface area contributed by atoms with Crippen LogP contribution in [0.25, 0.3) is 0 Å². The first-order chi connectivity index (χ1) is 11.0. The van der Waals surface area contributed by atoms with E-state index in [9.17, 15) is 9.59 Å². The Labute approximate surface area is 138 Å². The summed E-state index contributed by atoms with van der Waals surface area (Å²) in [6.45, 7) is 3.94. The molecule has 0 saturated carbocycles. The van der Waals surface area contributed by atoms with Crippen LogP contribution in [0.15, 0.2) is 29.3 Å². The minimum atomic E-state index is -0.373. The fourth-order valence-electron chi connectivity index (χ4n) is 1.91. The second-order valence-electron chi connectivity index (χ2n) is 4.73. The molecule has 0 atom stereocenters. The summed E-state index contributed by atoms with van der Waals surface area (Å²) in [5.74, 6) is -0.730. The third kappa shape index (κ3) is 3.68. The Hall–Kier alpha value is -2.41. The lowest BCUT2D eigenvalue weighted by molar-refractivity contribution is 0.0525. The van der Waals surface area contributed by atoms with Crippen molar-refractivity contribution in [3.8, 4) is 0 Å². The van der Waals surface area contributed by atoms with Gasteiger partial charge >= 0.3 is 11.9 Å². The minimum absolute atomic E-state index is 0.339. The van der Waals surface area contributed by atoms with E-state index < -0.39 is 0 Å². The predicted molar refractivity (Wildman–Crippen MR) is 87.0 cm³/mol. The zero-order chi connectivity index (χ0) is 17.0. The van der Waals surface area contributed by atoms with Crippen molar-refractivity contribution in [3.05, 3.63) is 45.2 Å². The molecule has 23 heavy (non-hydrogen) atoms. The highest BCUT2D eigenvalue weighted by atomic mass is 32.1. The van der Waals surface area contributed by atoms with Crippen molar-refractivity contribution >= 4 is 29.0 Å². The van der Waals surface area contributed by atoms with Crippen LogP contribution in [0, 0.1) is 6.92 Å². The number of carbonyl (C=O) groups is 2. The molecule has 0 aliphatic rings. The van der Waals surface area contributed by atoms with Gasteiger partial charge in [-0.15, -0.1) is 0 Å². The maximum absolute atomic E-state index is 11.7. The maximum atomic E-state index is 11.7. The number of nitrogens with zero attached hydrogens (tertiary/aromatic N) is 2. The second-order valence-corrected chi connectivity index (χ2v) is 5.71. The number of hydrogen-bond acceptors (Lipinski definition) is 6. The van der Waals surface area contributed by atoms with Crippen LogP contribution >= 0.6 is 11.3 Å². The monoisotopic (exact) mass is 334 g/mol. The Morgan fingerprint density at radius 1 is 1.22 bits per heavy atom. The molecular formula is C16H18N2O4S. The minimum Gasteiger partial charge on any atom is -0.465 e. The van der Waals surface area contributed by atoms with E-state index in [4.69, 9.17) is 9.47 Å². The molecule has 122 valence electrons. The second kappa shape index (κ2) is 7.23. The first-order valence-corrected chi connectivity index (χ1v) is 7.86. The molecule has 0 N–H and O–H groups in total. The number of rotatable bonds is 4. The van der Waals surface area contributed by atoms with Crippen LogP contribution in [-0.4, -0.2) is 30.2 Å². The molecular weight excluding hydrogens is 316 g/mol. The number of carbonyl (C=O) groups excluding carboxylic acids is 2. The van der Waals surface area contributed by atoms with E-state index in [1.165, 1.54) is 18.4 Å². The summed E-state index contributed by atoms with van der Waals surface area (Å²) in [6.07, 6.45) is 0. The van der Waals surface area contributed by atoms with Crippen molar-refractivity contribution in [2.24, 2.45) is 12.0 Å². The van der Waals surface area contributed by atoms with E-state index in [-0.39, 0.29) is 11.9 Å². The van der Waals surface area contributed by atoms with Crippen LogP contribution in [0.1, 0.15) is 32.6 Å². The van der Waals surface area contributed by atoms with Gasteiger partial charge in [0.1, 0.15) is 4.88 Å². The zero-order valence-electron chi connectivity index (χ0n) is 13.5. The lowest BCUT2D eigenvalue weighted by Crippen LogP contribution is -2.11. The van der Waals surface area contributed by atoms with Crippen molar-refractivity contribution in [2.75, 3.05) is 13.7 Å². The van der Waals surface area contributed by atoms with Gasteiger partial charge in [0.05, 0.1) is 25.0 Å². The lowest BCUT2D eigenvalue weighted by Gasteiger charge is -2.01. The SMILES string of the molecule is CCOC(=O)c1ccc(N=c2sc(C(=O)OC)c(C)n2C)cc1. The summed E-state index contributed by atoms with van der Waals surface area (Å²) in [4.78, 5) is 29.0. The Morgan fingerprint density at radius 3 is 2.43 bits per heavy atom. The van der Waals surface area contributed by atoms with Crippen molar-refractivity contribution in [2.45, 2.75) is 13.8 Å². The average molecular weight is 334 g/mol. The Balaban J connectivity index is 2.35. The molecule has 1 aromatic carbocycles. The number of ether oxygens (including phenoxy) is 2. The summed E-state index contributed by atoms with van der Waals surface area (Å²) < 4.78 is 11.5. The third-order valence-corrected chi connectivity index (χ3v) is 4.50. The van der Waals surface area contributed by atoms with Crippen LogP contribution in [0.2, 0.25) is 0 Å². The Kier molecular flexibility index (Phi) is 5.33. The molecule has 0 aliphatic heterocycles. The van der Waals surface area contributed by atoms with E-state index in [0.29, 0.717) is 27.5 Å². The third-order valence-electron chi connectivity index (χ3n) is 3.29. The molecule has 2 aromatic rings. The zero-order valence-corrected chi connectivity index (χ0v) is 14.3. The number of benzene rings is 1. The largest absolute Gasteiger partial charge is 0.465 e. The first-order valence-electron chi connectivity index (χ1n) is 7.04. The molecule has 1 heterocycles. The molecule has 0 saturated heterocycles. The molecule has 0 unspecified atom stereocenters. The highest BCUT2D eigenvalue weighted by Crippen LogP contribution is 2.16. The van der Waals surface area contributed by atoms with Crippen LogP contribution in [-0.2, 0) is 16.5 Å². The van der Waals surface area contributed by atoms with Gasteiger partial charge in [-0.25, -0.2) is 14.6 Å². The van der Waals surface area contributed by atoms with Gasteiger partial charge in [0, 0.05) is 12.7 Å². The summed E-state index contributed by atoms with van der Waals surface area (Å²) in [5, 5.41) is 0. The summed E-state index contributed by atoms with van der Waals surface area (Å²) in [7, 11) is 3.19. The molecule has 7 heteroatoms. The van der Waals surface area contributed by atoms with E-state index in [1.54, 1.807) is 31.2 Å². The fourth-order valence-corrected chi connectivity index (χ4v) is 2.96. The molecule has 0 aliphatic carbocycles. The number of methoxy groups -OCH3 is 1. The van der Waals surface area contributed by atoms with Crippen molar-refractivity contribution in [1.29, 1.82) is 0 Å². The molecule has 6 nitrogen and oxygen atoms in total. The summed E-state index contributed by atoms with van der Waals surface area (Å²) in [5.41, 5.74) is 1.96. The molecule has 0 radical (unpaired) electrons. The summed E-state index contributed by atoms with van der Waals surface area (Å²) >= 11 is 1.26. The van der Waals surface area contributed by atoms with Crippen LogP contribution in [0.3, 0.4) is 0 Å². The van der Waals surface area contributed by atoms with E-state index in [2.05, 4.69) is 4.99 Å². The van der Waals surface area contributed by atoms with Gasteiger partial charge in [-0.1, -0.05) is 11.3 Å². The highest BCUT2D eigenvalue weighted by molar-refractivity contribution is 7.11. The maximum Gasteiger partial charge on any atom is 0.349 e. The van der Waals surface area contributed by atoms with Gasteiger partial charge in [-0.2, -0.15) is 0 Å². The van der Waals surface area contributed by atoms with E-state index in [0.717, 1.165) is 5.69 Å². The molecule has 0 spiro atoms. The average Bonchev–Trinajstić information content (AvgIpc) is 2.83. The van der Waals surface area contributed by atoms with Crippen molar-refractivity contribution in [1.82, 2.24) is 4.57 Å². The highest BCUT2D eigenvalue weighted by Gasteiger charge is 2.15. The van der Waals surface area contributed by atoms with Gasteiger partial charge in [-0.05, 0) is 38.1 Å². The Bertz CT molecular complexity index is 787. The fraction of sp³-hybridized carbons (Fsp3) is 0.312. The Morgan fingerprint density at radius 2 is 1.87 bits per heavy atom. The molecule has 0 bridgehead atoms. The number of thiazole rings is 1. The predicted octanol–water partition coefficient (Wildman–Crippen LogP) is 2.59.